The number of anilines is 1. The first-order valence-electron chi connectivity index (χ1n) is 14.4. The molecule has 0 aliphatic rings. The largest absolute Gasteiger partial charge is 0.493 e. The van der Waals surface area contributed by atoms with Gasteiger partial charge < -0.3 is 44.6 Å². The quantitative estimate of drug-likeness (QED) is 0.204. The minimum atomic E-state index is -1.46. The van der Waals surface area contributed by atoms with Crippen LogP contribution < -0.4 is 25.4 Å². The molecule has 2 atom stereocenters. The Hall–Kier alpha value is -5.11. The van der Waals surface area contributed by atoms with Gasteiger partial charge in [0.1, 0.15) is 17.2 Å². The molecule has 248 valence electrons. The van der Waals surface area contributed by atoms with Crippen molar-refractivity contribution in [2.45, 2.75) is 64.4 Å². The molecular formula is C32H41N5O9. The summed E-state index contributed by atoms with van der Waals surface area (Å²) in [6, 6.07) is 11.5. The average Bonchev–Trinajstić information content (AvgIpc) is 3.42. The van der Waals surface area contributed by atoms with E-state index < -0.39 is 47.1 Å². The van der Waals surface area contributed by atoms with Crippen LogP contribution in [0.25, 0.3) is 0 Å². The van der Waals surface area contributed by atoms with Crippen LogP contribution in [0, 0.1) is 0 Å². The highest BCUT2D eigenvalue weighted by atomic mass is 16.6. The molecule has 0 radical (unpaired) electrons. The van der Waals surface area contributed by atoms with Crippen molar-refractivity contribution in [3.05, 3.63) is 72.2 Å². The highest BCUT2D eigenvalue weighted by Gasteiger charge is 2.35. The molecule has 3 aromatic rings. The third-order valence-corrected chi connectivity index (χ3v) is 6.51. The van der Waals surface area contributed by atoms with E-state index in [0.717, 1.165) is 5.56 Å². The number of carbonyl (C=O) groups excluding carboxylic acids is 3. The van der Waals surface area contributed by atoms with Gasteiger partial charge in [-0.1, -0.05) is 36.4 Å². The first kappa shape index (κ1) is 35.4. The fraction of sp³-hybridized carbons (Fsp3) is 0.406. The molecular weight excluding hydrogens is 598 g/mol. The lowest BCUT2D eigenvalue weighted by Gasteiger charge is -2.29. The molecule has 0 aliphatic carbocycles. The number of amides is 3. The van der Waals surface area contributed by atoms with E-state index in [0.29, 0.717) is 17.1 Å². The van der Waals surface area contributed by atoms with Gasteiger partial charge in [-0.15, -0.1) is 0 Å². The standard InChI is InChI=1S/C32H41N5O9/c1-31(2,3)46-30(42)36-32(4,5)29(41)34-22(18-45-17-20-11-9-8-10-12-20)27(38)35-25-16-37(19-33-25)26(28(39)40)21-13-14-23(43-6)24(15-21)44-7/h8-16,19,22,26H,17-18H2,1-7H3,(H,34,41)(H,35,38)(H,36,42)(H,39,40)/t22-,26?/m1/s1. The molecule has 3 amide bonds. The lowest BCUT2D eigenvalue weighted by molar-refractivity contribution is -0.139. The van der Waals surface area contributed by atoms with Crippen molar-refractivity contribution in [1.29, 1.82) is 0 Å². The van der Waals surface area contributed by atoms with E-state index in [2.05, 4.69) is 20.9 Å². The van der Waals surface area contributed by atoms with Crippen LogP contribution in [-0.2, 0) is 30.5 Å². The summed E-state index contributed by atoms with van der Waals surface area (Å²) >= 11 is 0. The molecule has 0 saturated heterocycles. The normalized spacial score (nSPS) is 12.8. The second-order valence-corrected chi connectivity index (χ2v) is 11.8. The highest BCUT2D eigenvalue weighted by Crippen LogP contribution is 2.31. The number of nitrogens with one attached hydrogen (secondary N) is 3. The average molecular weight is 640 g/mol. The van der Waals surface area contributed by atoms with Crippen LogP contribution in [0.15, 0.2) is 61.1 Å². The molecule has 0 bridgehead atoms. The summed E-state index contributed by atoms with van der Waals surface area (Å²) in [5.41, 5.74) is -1.02. The maximum atomic E-state index is 13.5. The number of carboxylic acid groups (broad SMARTS) is 1. The molecule has 46 heavy (non-hydrogen) atoms. The van der Waals surface area contributed by atoms with Gasteiger partial charge in [0.05, 0.1) is 33.8 Å². The molecule has 2 aromatic carbocycles. The summed E-state index contributed by atoms with van der Waals surface area (Å²) in [6.45, 7) is 7.95. The first-order valence-corrected chi connectivity index (χ1v) is 14.4. The monoisotopic (exact) mass is 639 g/mol. The Morgan fingerprint density at radius 3 is 2.24 bits per heavy atom. The number of aromatic nitrogens is 2. The fourth-order valence-corrected chi connectivity index (χ4v) is 4.23. The SMILES string of the molecule is COc1ccc(C(C(=O)O)n2cnc(NC(=O)[C@@H](COCc3ccccc3)NC(=O)C(C)(C)NC(=O)OC(C)(C)C)c2)cc1OC. The van der Waals surface area contributed by atoms with Crippen molar-refractivity contribution in [2.24, 2.45) is 0 Å². The zero-order valence-electron chi connectivity index (χ0n) is 27.0. The van der Waals surface area contributed by atoms with Gasteiger partial charge in [0.25, 0.3) is 5.91 Å². The molecule has 1 heterocycles. The highest BCUT2D eigenvalue weighted by molar-refractivity contribution is 5.98. The van der Waals surface area contributed by atoms with Crippen LogP contribution >= 0.6 is 0 Å². The Balaban J connectivity index is 1.79. The first-order chi connectivity index (χ1) is 21.6. The van der Waals surface area contributed by atoms with E-state index in [-0.39, 0.29) is 19.0 Å². The second-order valence-electron chi connectivity index (χ2n) is 11.8. The molecule has 14 nitrogen and oxygen atoms in total. The van der Waals surface area contributed by atoms with Gasteiger partial charge in [0, 0.05) is 6.20 Å². The number of ether oxygens (including phenoxy) is 4. The number of hydrogen-bond donors (Lipinski definition) is 4. The maximum Gasteiger partial charge on any atom is 0.408 e. The van der Waals surface area contributed by atoms with Crippen molar-refractivity contribution in [2.75, 3.05) is 26.1 Å². The number of aliphatic carboxylic acids is 1. The molecule has 0 spiro atoms. The van der Waals surface area contributed by atoms with Gasteiger partial charge in [-0.2, -0.15) is 0 Å². The van der Waals surface area contributed by atoms with Crippen molar-refractivity contribution in [3.8, 4) is 11.5 Å². The Morgan fingerprint density at radius 1 is 0.957 bits per heavy atom. The Labute approximate surface area is 267 Å². The summed E-state index contributed by atoms with van der Waals surface area (Å²) < 4.78 is 22.9. The second kappa shape index (κ2) is 15.3. The fourth-order valence-electron chi connectivity index (χ4n) is 4.23. The van der Waals surface area contributed by atoms with E-state index in [4.69, 9.17) is 18.9 Å². The Bertz CT molecular complexity index is 1520. The number of methoxy groups -OCH3 is 2. The maximum absolute atomic E-state index is 13.5. The number of hydrogen-bond acceptors (Lipinski definition) is 9. The molecule has 4 N–H and O–H groups in total. The van der Waals surface area contributed by atoms with Crippen LogP contribution in [0.2, 0.25) is 0 Å². The minimum Gasteiger partial charge on any atom is -0.493 e. The molecule has 1 unspecified atom stereocenters. The number of carboxylic acids is 1. The lowest BCUT2D eigenvalue weighted by Crippen LogP contribution is -2.59. The number of rotatable bonds is 14. The van der Waals surface area contributed by atoms with Crippen LogP contribution in [-0.4, -0.2) is 76.5 Å². The van der Waals surface area contributed by atoms with Gasteiger partial charge in [0.2, 0.25) is 5.91 Å². The topological polar surface area (TPSA) is 179 Å². The predicted octanol–water partition coefficient (Wildman–Crippen LogP) is 3.52. The van der Waals surface area contributed by atoms with Crippen LogP contribution in [0.1, 0.15) is 51.8 Å². The van der Waals surface area contributed by atoms with Crippen molar-refractivity contribution >= 4 is 29.7 Å². The molecule has 0 aliphatic heterocycles. The van der Waals surface area contributed by atoms with Crippen molar-refractivity contribution in [3.63, 3.8) is 0 Å². The van der Waals surface area contributed by atoms with Crippen molar-refractivity contribution in [1.82, 2.24) is 20.2 Å². The third-order valence-electron chi connectivity index (χ3n) is 6.51. The number of benzene rings is 2. The summed E-state index contributed by atoms with van der Waals surface area (Å²) in [6.07, 6.45) is 1.81. The van der Waals surface area contributed by atoms with E-state index in [1.165, 1.54) is 45.2 Å². The van der Waals surface area contributed by atoms with Crippen LogP contribution in [0.4, 0.5) is 10.6 Å². The Morgan fingerprint density at radius 2 is 1.63 bits per heavy atom. The Kier molecular flexibility index (Phi) is 11.7. The molecule has 3 rings (SSSR count). The summed E-state index contributed by atoms with van der Waals surface area (Å²) in [5.74, 6) is -1.73. The predicted molar refractivity (Wildman–Crippen MR) is 168 cm³/mol. The third kappa shape index (κ3) is 9.95. The number of alkyl carbamates (subject to hydrolysis) is 1. The van der Waals surface area contributed by atoms with E-state index in [1.54, 1.807) is 39.0 Å². The van der Waals surface area contributed by atoms with Crippen molar-refractivity contribution < 1.29 is 43.2 Å². The molecule has 0 fully saturated rings. The van der Waals surface area contributed by atoms with Crippen LogP contribution in [0.5, 0.6) is 11.5 Å². The molecule has 1 aromatic heterocycles. The number of imidazole rings is 1. The minimum absolute atomic E-state index is 0.0326. The van der Waals surface area contributed by atoms with Gasteiger partial charge in [-0.05, 0) is 57.9 Å². The van der Waals surface area contributed by atoms with Gasteiger partial charge in [-0.3, -0.25) is 9.59 Å². The summed E-state index contributed by atoms with van der Waals surface area (Å²) in [5, 5.41) is 17.8. The van der Waals surface area contributed by atoms with E-state index >= 15 is 0 Å². The van der Waals surface area contributed by atoms with Gasteiger partial charge in [0.15, 0.2) is 23.4 Å². The van der Waals surface area contributed by atoms with Gasteiger partial charge >= 0.3 is 12.1 Å². The summed E-state index contributed by atoms with van der Waals surface area (Å²) in [4.78, 5) is 55.5. The number of carbonyl (C=O) groups is 4. The number of nitrogens with zero attached hydrogens (tertiary/aromatic N) is 2. The zero-order chi connectivity index (χ0) is 34.1. The van der Waals surface area contributed by atoms with Crippen LogP contribution in [0.3, 0.4) is 0 Å². The summed E-state index contributed by atoms with van der Waals surface area (Å²) in [7, 11) is 2.91. The lowest BCUT2D eigenvalue weighted by atomic mass is 10.0. The van der Waals surface area contributed by atoms with Gasteiger partial charge in [-0.25, -0.2) is 14.6 Å². The molecule has 14 heteroatoms. The van der Waals surface area contributed by atoms with E-state index in [1.807, 2.05) is 30.3 Å². The smallest absolute Gasteiger partial charge is 0.408 e. The molecule has 0 saturated carbocycles. The van der Waals surface area contributed by atoms with E-state index in [9.17, 15) is 24.3 Å². The zero-order valence-corrected chi connectivity index (χ0v) is 27.0.